The van der Waals surface area contributed by atoms with Gasteiger partial charge in [-0.2, -0.15) is 0 Å². The van der Waals surface area contributed by atoms with Gasteiger partial charge in [0.25, 0.3) is 5.91 Å². The summed E-state index contributed by atoms with van der Waals surface area (Å²) in [5.41, 5.74) is 2.76. The van der Waals surface area contributed by atoms with Gasteiger partial charge in [0.2, 0.25) is 5.91 Å². The van der Waals surface area contributed by atoms with E-state index in [-0.39, 0.29) is 11.8 Å². The van der Waals surface area contributed by atoms with Gasteiger partial charge in [0, 0.05) is 37.3 Å². The SMILES string of the molecule is C=CCc1cc(C(=O)Nc2ccccc2CN(C)C(C)=O)cc(OC)c1OC. The molecule has 0 aliphatic carbocycles. The quantitative estimate of drug-likeness (QED) is 0.708. The molecule has 0 saturated carbocycles. The summed E-state index contributed by atoms with van der Waals surface area (Å²) < 4.78 is 10.8. The van der Waals surface area contributed by atoms with Crippen molar-refractivity contribution in [2.24, 2.45) is 0 Å². The van der Waals surface area contributed by atoms with Gasteiger partial charge in [0.15, 0.2) is 11.5 Å². The molecule has 0 aliphatic heterocycles. The third-order valence-electron chi connectivity index (χ3n) is 4.39. The van der Waals surface area contributed by atoms with E-state index in [1.807, 2.05) is 24.3 Å². The third kappa shape index (κ3) is 4.91. The van der Waals surface area contributed by atoms with Crippen molar-refractivity contribution < 1.29 is 19.1 Å². The maximum absolute atomic E-state index is 12.9. The summed E-state index contributed by atoms with van der Waals surface area (Å²) in [6.45, 7) is 5.66. The van der Waals surface area contributed by atoms with E-state index >= 15 is 0 Å². The molecule has 2 aromatic rings. The lowest BCUT2D eigenvalue weighted by atomic mass is 10.0. The van der Waals surface area contributed by atoms with Crippen LogP contribution in [0, 0.1) is 0 Å². The second kappa shape index (κ2) is 9.60. The Bertz CT molecular complexity index is 877. The molecular weight excluding hydrogens is 356 g/mol. The Labute approximate surface area is 165 Å². The van der Waals surface area contributed by atoms with E-state index in [1.54, 1.807) is 37.3 Å². The highest BCUT2D eigenvalue weighted by Crippen LogP contribution is 2.33. The lowest BCUT2D eigenvalue weighted by Crippen LogP contribution is -2.24. The highest BCUT2D eigenvalue weighted by atomic mass is 16.5. The second-order valence-electron chi connectivity index (χ2n) is 6.35. The van der Waals surface area contributed by atoms with Gasteiger partial charge in [-0.1, -0.05) is 24.3 Å². The summed E-state index contributed by atoms with van der Waals surface area (Å²) in [5, 5.41) is 2.93. The van der Waals surface area contributed by atoms with Crippen LogP contribution in [-0.2, 0) is 17.8 Å². The number of carbonyl (C=O) groups excluding carboxylic acids is 2. The minimum atomic E-state index is -0.274. The van der Waals surface area contributed by atoms with Crippen molar-refractivity contribution >= 4 is 17.5 Å². The number of hydrogen-bond donors (Lipinski definition) is 1. The Morgan fingerprint density at radius 2 is 1.86 bits per heavy atom. The van der Waals surface area contributed by atoms with Crippen molar-refractivity contribution in [2.45, 2.75) is 19.9 Å². The third-order valence-corrected chi connectivity index (χ3v) is 4.39. The smallest absolute Gasteiger partial charge is 0.255 e. The minimum absolute atomic E-state index is 0.0462. The summed E-state index contributed by atoms with van der Waals surface area (Å²) in [7, 11) is 4.81. The molecule has 2 rings (SSSR count). The summed E-state index contributed by atoms with van der Waals surface area (Å²) >= 11 is 0. The average molecular weight is 382 g/mol. The molecule has 0 spiro atoms. The van der Waals surface area contributed by atoms with Crippen LogP contribution in [0.4, 0.5) is 5.69 Å². The van der Waals surface area contributed by atoms with Gasteiger partial charge in [0.05, 0.1) is 14.2 Å². The molecule has 0 radical (unpaired) electrons. The topological polar surface area (TPSA) is 67.9 Å². The zero-order chi connectivity index (χ0) is 20.7. The first-order chi connectivity index (χ1) is 13.4. The molecule has 0 bridgehead atoms. The fourth-order valence-corrected chi connectivity index (χ4v) is 2.82. The van der Waals surface area contributed by atoms with Gasteiger partial charge in [-0.3, -0.25) is 9.59 Å². The Balaban J connectivity index is 2.34. The number of benzene rings is 2. The first kappa shape index (κ1) is 21.0. The van der Waals surface area contributed by atoms with Crippen LogP contribution in [0.15, 0.2) is 49.1 Å². The van der Waals surface area contributed by atoms with Crippen LogP contribution in [0.3, 0.4) is 0 Å². The molecule has 6 nitrogen and oxygen atoms in total. The van der Waals surface area contributed by atoms with Crippen LogP contribution in [0.2, 0.25) is 0 Å². The number of ether oxygens (including phenoxy) is 2. The van der Waals surface area contributed by atoms with Crippen LogP contribution >= 0.6 is 0 Å². The first-order valence-corrected chi connectivity index (χ1v) is 8.88. The van der Waals surface area contributed by atoms with E-state index in [9.17, 15) is 9.59 Å². The van der Waals surface area contributed by atoms with Gasteiger partial charge in [-0.05, 0) is 30.2 Å². The molecule has 28 heavy (non-hydrogen) atoms. The standard InChI is InChI=1S/C22H26N2O4/c1-6-9-16-12-18(13-20(27-4)21(16)28-5)22(26)23-19-11-8-7-10-17(19)14-24(3)15(2)25/h6-8,10-13H,1,9,14H2,2-5H3,(H,23,26). The number of anilines is 1. The maximum Gasteiger partial charge on any atom is 0.255 e. The lowest BCUT2D eigenvalue weighted by molar-refractivity contribution is -0.128. The number of methoxy groups -OCH3 is 2. The predicted molar refractivity (Wildman–Crippen MR) is 110 cm³/mol. The Kier molecular flexibility index (Phi) is 7.21. The molecule has 0 saturated heterocycles. The largest absolute Gasteiger partial charge is 0.493 e. The number of allylic oxidation sites excluding steroid dienone is 1. The first-order valence-electron chi connectivity index (χ1n) is 8.88. The van der Waals surface area contributed by atoms with Crippen LogP contribution in [0.25, 0.3) is 0 Å². The molecule has 0 heterocycles. The Morgan fingerprint density at radius 1 is 1.14 bits per heavy atom. The number of para-hydroxylation sites is 1. The lowest BCUT2D eigenvalue weighted by Gasteiger charge is -2.18. The number of carbonyl (C=O) groups is 2. The van der Waals surface area contributed by atoms with Crippen molar-refractivity contribution in [1.82, 2.24) is 4.90 Å². The van der Waals surface area contributed by atoms with Gasteiger partial charge in [-0.25, -0.2) is 0 Å². The summed E-state index contributed by atoms with van der Waals surface area (Å²) in [5.74, 6) is 0.748. The van der Waals surface area contributed by atoms with Crippen LogP contribution in [-0.4, -0.2) is 38.0 Å². The van der Waals surface area contributed by atoms with Gasteiger partial charge < -0.3 is 19.7 Å². The molecule has 0 aromatic heterocycles. The van der Waals surface area contributed by atoms with Crippen molar-refractivity contribution in [3.05, 3.63) is 65.7 Å². The second-order valence-corrected chi connectivity index (χ2v) is 6.35. The number of hydrogen-bond acceptors (Lipinski definition) is 4. The summed E-state index contributed by atoms with van der Waals surface area (Å²) in [6, 6.07) is 10.8. The summed E-state index contributed by atoms with van der Waals surface area (Å²) in [6.07, 6.45) is 2.28. The molecule has 0 fully saturated rings. The maximum atomic E-state index is 12.9. The molecule has 0 aliphatic rings. The minimum Gasteiger partial charge on any atom is -0.493 e. The van der Waals surface area contributed by atoms with Crippen LogP contribution in [0.5, 0.6) is 11.5 Å². The highest BCUT2D eigenvalue weighted by molar-refractivity contribution is 6.05. The van der Waals surface area contributed by atoms with Crippen molar-refractivity contribution in [2.75, 3.05) is 26.6 Å². The monoisotopic (exact) mass is 382 g/mol. The van der Waals surface area contributed by atoms with Crippen molar-refractivity contribution in [1.29, 1.82) is 0 Å². The molecule has 1 N–H and O–H groups in total. The van der Waals surface area contributed by atoms with Gasteiger partial charge in [-0.15, -0.1) is 6.58 Å². The number of rotatable bonds is 8. The molecule has 148 valence electrons. The fourth-order valence-electron chi connectivity index (χ4n) is 2.82. The Hall–Kier alpha value is -3.28. The highest BCUT2D eigenvalue weighted by Gasteiger charge is 2.17. The van der Waals surface area contributed by atoms with E-state index in [2.05, 4.69) is 11.9 Å². The van der Waals surface area contributed by atoms with Crippen molar-refractivity contribution in [3.8, 4) is 11.5 Å². The zero-order valence-electron chi connectivity index (χ0n) is 16.7. The van der Waals surface area contributed by atoms with E-state index in [1.165, 1.54) is 14.0 Å². The molecule has 0 unspecified atom stereocenters. The molecule has 2 amide bonds. The van der Waals surface area contributed by atoms with E-state index < -0.39 is 0 Å². The summed E-state index contributed by atoms with van der Waals surface area (Å²) in [4.78, 5) is 26.0. The van der Waals surface area contributed by atoms with Crippen LogP contribution in [0.1, 0.15) is 28.4 Å². The molecular formula is C22H26N2O4. The fraction of sp³-hybridized carbons (Fsp3) is 0.273. The molecule has 0 atom stereocenters. The molecule has 6 heteroatoms. The van der Waals surface area contributed by atoms with E-state index in [0.29, 0.717) is 35.7 Å². The molecule has 2 aromatic carbocycles. The van der Waals surface area contributed by atoms with Gasteiger partial charge >= 0.3 is 0 Å². The van der Waals surface area contributed by atoms with Crippen molar-refractivity contribution in [3.63, 3.8) is 0 Å². The Morgan fingerprint density at radius 3 is 2.46 bits per heavy atom. The normalized spacial score (nSPS) is 10.1. The van der Waals surface area contributed by atoms with E-state index in [0.717, 1.165) is 11.1 Å². The number of amides is 2. The predicted octanol–water partition coefficient (Wildman–Crippen LogP) is 3.66. The van der Waals surface area contributed by atoms with Gasteiger partial charge in [0.1, 0.15) is 0 Å². The van der Waals surface area contributed by atoms with E-state index in [4.69, 9.17) is 9.47 Å². The number of nitrogens with one attached hydrogen (secondary N) is 1. The average Bonchev–Trinajstić information content (AvgIpc) is 2.68. The zero-order valence-corrected chi connectivity index (χ0v) is 16.7. The number of nitrogens with zero attached hydrogens (tertiary/aromatic N) is 1. The van der Waals surface area contributed by atoms with Crippen LogP contribution < -0.4 is 14.8 Å².